The van der Waals surface area contributed by atoms with Crippen molar-refractivity contribution in [3.8, 4) is 5.75 Å². The molecule has 0 saturated heterocycles. The van der Waals surface area contributed by atoms with Crippen molar-refractivity contribution in [1.29, 1.82) is 0 Å². The van der Waals surface area contributed by atoms with E-state index in [0.717, 1.165) is 0 Å². The molecule has 1 aromatic carbocycles. The Kier molecular flexibility index (Phi) is 30.0. The second-order valence-electron chi connectivity index (χ2n) is 14.1. The molecule has 4 nitrogen and oxygen atoms in total. The smallest absolute Gasteiger partial charge is 0.128 e. The largest absolute Gasteiger partial charge is 0.546 e. The minimum atomic E-state index is -1.20. The minimum Gasteiger partial charge on any atom is -0.546 e. The summed E-state index contributed by atoms with van der Waals surface area (Å²) in [5.41, 5.74) is 1.28. The number of unbranched alkanes of at least 4 members (excludes halogenated alkanes) is 18. The summed E-state index contributed by atoms with van der Waals surface area (Å²) >= 11 is 0. The van der Waals surface area contributed by atoms with E-state index in [4.69, 9.17) is 4.74 Å². The highest BCUT2D eigenvalue weighted by Gasteiger charge is 2.20. The maximum absolute atomic E-state index is 10.3. The Balaban J connectivity index is 0.000000900. The summed E-state index contributed by atoms with van der Waals surface area (Å²) in [7, 11) is 2.56. The van der Waals surface area contributed by atoms with E-state index in [-0.39, 0.29) is 0 Å². The molecule has 0 aliphatic heterocycles. The van der Waals surface area contributed by atoms with Crippen LogP contribution in [0, 0.1) is 0 Å². The number of aliphatic carboxylic acids is 1. The third kappa shape index (κ3) is 27.3. The lowest BCUT2D eigenvalue weighted by molar-refractivity contribution is -0.910. The molecule has 0 amide bonds. The average Bonchev–Trinajstić information content (AvgIpc) is 3.04. The third-order valence-electron chi connectivity index (χ3n) is 9.45. The molecule has 1 rings (SSSR count). The fourth-order valence-corrected chi connectivity index (χ4v) is 6.24. The SMILES string of the molecule is CCCCCCC(C)c1ccc(OCC(=O)[O-])cc1.CCCCCCCC[N+](C)(CCCCCCCC)CCCCCCCC. The fraction of sp³-hybridized carbons (Fsp3) is 0.829. The van der Waals surface area contributed by atoms with Gasteiger partial charge in [0.05, 0.1) is 32.7 Å². The molecule has 0 bridgehead atoms. The lowest BCUT2D eigenvalue weighted by atomic mass is 9.95. The van der Waals surface area contributed by atoms with Gasteiger partial charge >= 0.3 is 0 Å². The molecule has 4 heteroatoms. The first kappa shape index (κ1) is 43.5. The van der Waals surface area contributed by atoms with Crippen molar-refractivity contribution < 1.29 is 19.1 Å². The van der Waals surface area contributed by atoms with Gasteiger partial charge in [-0.25, -0.2) is 0 Å². The van der Waals surface area contributed by atoms with Crippen LogP contribution in [0.5, 0.6) is 5.75 Å². The van der Waals surface area contributed by atoms with Crippen molar-refractivity contribution >= 4 is 5.97 Å². The molecule has 0 fully saturated rings. The zero-order chi connectivity index (χ0) is 33.4. The monoisotopic (exact) mass is 632 g/mol. The van der Waals surface area contributed by atoms with Crippen LogP contribution in [-0.2, 0) is 4.79 Å². The van der Waals surface area contributed by atoms with E-state index in [1.54, 1.807) is 0 Å². The third-order valence-corrected chi connectivity index (χ3v) is 9.45. The average molecular weight is 632 g/mol. The summed E-state index contributed by atoms with van der Waals surface area (Å²) in [6.07, 6.45) is 32.2. The van der Waals surface area contributed by atoms with Crippen molar-refractivity contribution in [3.05, 3.63) is 29.8 Å². The van der Waals surface area contributed by atoms with E-state index >= 15 is 0 Å². The minimum absolute atomic E-state index is 0.397. The molecule has 45 heavy (non-hydrogen) atoms. The number of quaternary nitrogens is 1. The second-order valence-corrected chi connectivity index (χ2v) is 14.1. The predicted octanol–water partition coefficient (Wildman–Crippen LogP) is 11.4. The van der Waals surface area contributed by atoms with E-state index in [2.05, 4.69) is 41.7 Å². The van der Waals surface area contributed by atoms with Crippen LogP contribution in [0.3, 0.4) is 0 Å². The van der Waals surface area contributed by atoms with Gasteiger partial charge in [-0.05, 0) is 68.6 Å². The maximum Gasteiger partial charge on any atom is 0.128 e. The molecule has 1 atom stereocenters. The van der Waals surface area contributed by atoms with Crippen LogP contribution in [0.1, 0.15) is 194 Å². The highest BCUT2D eigenvalue weighted by molar-refractivity contribution is 5.66. The normalized spacial score (nSPS) is 12.0. The molecule has 0 spiro atoms. The van der Waals surface area contributed by atoms with E-state index < -0.39 is 12.6 Å². The van der Waals surface area contributed by atoms with Crippen molar-refractivity contribution in [1.82, 2.24) is 0 Å². The number of ether oxygens (including phenoxy) is 1. The Labute approximate surface area is 281 Å². The summed E-state index contributed by atoms with van der Waals surface area (Å²) in [5.74, 6) is -0.0912. The molecule has 0 aliphatic rings. The van der Waals surface area contributed by atoms with Crippen LogP contribution in [0.2, 0.25) is 0 Å². The number of carbonyl (C=O) groups is 1. The van der Waals surface area contributed by atoms with Gasteiger partial charge in [0.25, 0.3) is 0 Å². The van der Waals surface area contributed by atoms with Crippen molar-refractivity contribution in [2.24, 2.45) is 0 Å². The molecule has 0 saturated carbocycles. The summed E-state index contributed by atoms with van der Waals surface area (Å²) < 4.78 is 6.41. The highest BCUT2D eigenvalue weighted by Crippen LogP contribution is 2.24. The van der Waals surface area contributed by atoms with Gasteiger partial charge in [-0.15, -0.1) is 0 Å². The van der Waals surface area contributed by atoms with Gasteiger partial charge in [-0.3, -0.25) is 0 Å². The van der Waals surface area contributed by atoms with E-state index in [1.165, 1.54) is 177 Å². The Hall–Kier alpha value is -1.55. The van der Waals surface area contributed by atoms with E-state index in [1.807, 2.05) is 24.3 Å². The number of hydrogen-bond acceptors (Lipinski definition) is 3. The van der Waals surface area contributed by atoms with Gasteiger partial charge < -0.3 is 19.1 Å². The van der Waals surface area contributed by atoms with E-state index in [0.29, 0.717) is 11.7 Å². The Morgan fingerprint density at radius 1 is 0.600 bits per heavy atom. The molecule has 0 aromatic heterocycles. The first-order valence-corrected chi connectivity index (χ1v) is 19.6. The molecular formula is C41H77NO3. The fourth-order valence-electron chi connectivity index (χ4n) is 6.24. The quantitative estimate of drug-likeness (QED) is 0.0627. The van der Waals surface area contributed by atoms with Gasteiger partial charge in [0, 0.05) is 0 Å². The molecule has 0 radical (unpaired) electrons. The zero-order valence-corrected chi connectivity index (χ0v) is 31.2. The number of benzene rings is 1. The number of carbonyl (C=O) groups excluding carboxylic acids is 1. The second kappa shape index (κ2) is 31.1. The van der Waals surface area contributed by atoms with E-state index in [9.17, 15) is 9.90 Å². The topological polar surface area (TPSA) is 49.4 Å². The number of rotatable bonds is 30. The van der Waals surface area contributed by atoms with Crippen LogP contribution >= 0.6 is 0 Å². The molecule has 1 unspecified atom stereocenters. The molecule has 0 N–H and O–H groups in total. The maximum atomic E-state index is 10.3. The summed E-state index contributed by atoms with van der Waals surface area (Å²) in [5, 5.41) is 10.3. The lowest BCUT2D eigenvalue weighted by Gasteiger charge is -2.35. The first-order valence-electron chi connectivity index (χ1n) is 19.6. The summed E-state index contributed by atoms with van der Waals surface area (Å²) in [6.45, 7) is 15.3. The molecular weight excluding hydrogens is 554 g/mol. The first-order chi connectivity index (χ1) is 21.8. The van der Waals surface area contributed by atoms with Gasteiger partial charge in [-0.1, -0.05) is 149 Å². The van der Waals surface area contributed by atoms with Crippen molar-refractivity contribution in [2.75, 3.05) is 33.3 Å². The molecule has 0 heterocycles. The Morgan fingerprint density at radius 3 is 1.33 bits per heavy atom. The van der Waals surface area contributed by atoms with Crippen LogP contribution in [0.15, 0.2) is 24.3 Å². The highest BCUT2D eigenvalue weighted by atomic mass is 16.5. The summed E-state index contributed by atoms with van der Waals surface area (Å²) in [6, 6.07) is 7.66. The Morgan fingerprint density at radius 2 is 0.956 bits per heavy atom. The zero-order valence-electron chi connectivity index (χ0n) is 31.2. The number of carboxylic acid groups (broad SMARTS) is 1. The van der Waals surface area contributed by atoms with Crippen molar-refractivity contribution in [2.45, 2.75) is 188 Å². The summed E-state index contributed by atoms with van der Waals surface area (Å²) in [4.78, 5) is 10.3. The molecule has 1 aromatic rings. The predicted molar refractivity (Wildman–Crippen MR) is 195 cm³/mol. The molecule has 0 aliphatic carbocycles. The number of hydrogen-bond donors (Lipinski definition) is 0. The lowest BCUT2D eigenvalue weighted by Crippen LogP contribution is -2.46. The van der Waals surface area contributed by atoms with Gasteiger partial charge in [-0.2, -0.15) is 0 Å². The molecule has 264 valence electrons. The van der Waals surface area contributed by atoms with Crippen LogP contribution < -0.4 is 9.84 Å². The van der Waals surface area contributed by atoms with Gasteiger partial charge in [0.2, 0.25) is 0 Å². The van der Waals surface area contributed by atoms with Crippen LogP contribution in [-0.4, -0.2) is 43.7 Å². The van der Waals surface area contributed by atoms with Crippen LogP contribution in [0.25, 0.3) is 0 Å². The Bertz CT molecular complexity index is 722. The number of carboxylic acids is 1. The number of nitrogens with zero attached hydrogens (tertiary/aromatic N) is 1. The van der Waals surface area contributed by atoms with Gasteiger partial charge in [0.15, 0.2) is 0 Å². The van der Waals surface area contributed by atoms with Crippen LogP contribution in [0.4, 0.5) is 0 Å². The van der Waals surface area contributed by atoms with Crippen molar-refractivity contribution in [3.63, 3.8) is 0 Å². The standard InChI is InChI=1S/C25H54N.C16H24O3/c1-5-8-11-14-17-20-23-26(4,24-21-18-15-12-9-6-2)25-22-19-16-13-10-7-3;1-3-4-5-6-7-13(2)14-8-10-15(11-9-14)19-12-16(17)18/h5-25H2,1-4H3;8-11,13H,3-7,12H2,1-2H3,(H,17,18)/q+1;/p-1. The van der Waals surface area contributed by atoms with Gasteiger partial charge in [0.1, 0.15) is 12.4 Å².